The molecule has 5 heteroatoms. The first kappa shape index (κ1) is 13.1. The molecule has 0 saturated carbocycles. The van der Waals surface area contributed by atoms with Crippen LogP contribution in [-0.2, 0) is 0 Å². The van der Waals surface area contributed by atoms with Gasteiger partial charge in [-0.2, -0.15) is 0 Å². The Hall–Kier alpha value is -2.30. The molecule has 1 aromatic carbocycles. The Morgan fingerprint density at radius 1 is 1.32 bits per heavy atom. The third-order valence-corrected chi connectivity index (χ3v) is 2.84. The van der Waals surface area contributed by atoms with E-state index in [4.69, 9.17) is 14.3 Å². The van der Waals surface area contributed by atoms with E-state index >= 15 is 0 Å². The van der Waals surface area contributed by atoms with Crippen LogP contribution in [0.25, 0.3) is 11.5 Å². The lowest BCUT2D eigenvalue weighted by Gasteiger charge is -2.10. The number of aryl methyl sites for hydroxylation is 3. The minimum Gasteiger partial charge on any atom is -0.496 e. The summed E-state index contributed by atoms with van der Waals surface area (Å²) in [6, 6.07) is 3.85. The molecule has 5 nitrogen and oxygen atoms in total. The molecule has 0 atom stereocenters. The van der Waals surface area contributed by atoms with Gasteiger partial charge in [0.05, 0.1) is 18.4 Å². The highest BCUT2D eigenvalue weighted by Gasteiger charge is 2.20. The number of ether oxygens (including phenoxy) is 1. The van der Waals surface area contributed by atoms with Crippen molar-refractivity contribution in [2.45, 2.75) is 20.8 Å². The average molecular weight is 261 g/mol. The van der Waals surface area contributed by atoms with Gasteiger partial charge in [-0.3, -0.25) is 0 Å². The van der Waals surface area contributed by atoms with E-state index in [1.165, 1.54) is 0 Å². The minimum atomic E-state index is -1.13. The van der Waals surface area contributed by atoms with Crippen molar-refractivity contribution in [1.29, 1.82) is 0 Å². The lowest BCUT2D eigenvalue weighted by atomic mass is 10.1. The first-order valence-corrected chi connectivity index (χ1v) is 5.80. The Morgan fingerprint density at radius 2 is 2.00 bits per heavy atom. The minimum absolute atomic E-state index is 0.142. The zero-order chi connectivity index (χ0) is 14.2. The van der Waals surface area contributed by atoms with Gasteiger partial charge in [-0.1, -0.05) is 6.07 Å². The molecule has 0 aliphatic rings. The number of nitrogens with zero attached hydrogens (tertiary/aromatic N) is 1. The molecule has 0 saturated heterocycles. The molecule has 100 valence electrons. The molecular weight excluding hydrogens is 246 g/mol. The van der Waals surface area contributed by atoms with Gasteiger partial charge in [-0.15, -0.1) is 0 Å². The van der Waals surface area contributed by atoms with Crippen molar-refractivity contribution >= 4 is 5.97 Å². The molecule has 0 bridgehead atoms. The maximum atomic E-state index is 11.0. The first-order valence-electron chi connectivity index (χ1n) is 5.80. The summed E-state index contributed by atoms with van der Waals surface area (Å²) < 4.78 is 10.7. The number of rotatable bonds is 3. The van der Waals surface area contributed by atoms with Crippen molar-refractivity contribution in [2.75, 3.05) is 7.11 Å². The number of carboxylic acid groups (broad SMARTS) is 1. The van der Waals surface area contributed by atoms with Crippen molar-refractivity contribution in [3.8, 4) is 17.2 Å². The molecule has 0 amide bonds. The summed E-state index contributed by atoms with van der Waals surface area (Å²) in [7, 11) is 1.56. The first-order chi connectivity index (χ1) is 8.93. The second kappa shape index (κ2) is 4.76. The van der Waals surface area contributed by atoms with Crippen LogP contribution < -0.4 is 4.74 Å². The summed E-state index contributed by atoms with van der Waals surface area (Å²) in [4.78, 5) is 15.2. The molecule has 1 heterocycles. The Labute approximate surface area is 110 Å². The normalized spacial score (nSPS) is 10.5. The van der Waals surface area contributed by atoms with E-state index in [0.29, 0.717) is 17.0 Å². The van der Waals surface area contributed by atoms with Crippen LogP contribution in [-0.4, -0.2) is 23.2 Å². The number of hydrogen-bond acceptors (Lipinski definition) is 4. The molecule has 19 heavy (non-hydrogen) atoms. The van der Waals surface area contributed by atoms with Gasteiger partial charge in [0.2, 0.25) is 11.7 Å². The van der Waals surface area contributed by atoms with E-state index in [9.17, 15) is 4.79 Å². The highest BCUT2D eigenvalue weighted by molar-refractivity contribution is 5.86. The summed E-state index contributed by atoms with van der Waals surface area (Å²) in [6.45, 7) is 5.47. The van der Waals surface area contributed by atoms with Crippen molar-refractivity contribution in [3.63, 3.8) is 0 Å². The highest BCUT2D eigenvalue weighted by Crippen LogP contribution is 2.34. The van der Waals surface area contributed by atoms with Gasteiger partial charge in [0.25, 0.3) is 0 Å². The second-order valence-electron chi connectivity index (χ2n) is 4.40. The molecule has 2 rings (SSSR count). The lowest BCUT2D eigenvalue weighted by Crippen LogP contribution is -1.95. The van der Waals surface area contributed by atoms with Crippen LogP contribution in [0.3, 0.4) is 0 Å². The van der Waals surface area contributed by atoms with Gasteiger partial charge < -0.3 is 14.3 Å². The van der Waals surface area contributed by atoms with E-state index in [2.05, 4.69) is 4.98 Å². The second-order valence-corrected chi connectivity index (χ2v) is 4.40. The zero-order valence-corrected chi connectivity index (χ0v) is 11.3. The Morgan fingerprint density at radius 3 is 2.53 bits per heavy atom. The van der Waals surface area contributed by atoms with E-state index in [-0.39, 0.29) is 11.7 Å². The summed E-state index contributed by atoms with van der Waals surface area (Å²) in [6.07, 6.45) is 0. The van der Waals surface area contributed by atoms with Crippen molar-refractivity contribution in [1.82, 2.24) is 4.98 Å². The molecule has 0 unspecified atom stereocenters. The summed E-state index contributed by atoms with van der Waals surface area (Å²) in [5, 5.41) is 9.00. The third-order valence-electron chi connectivity index (χ3n) is 2.84. The average Bonchev–Trinajstić information content (AvgIpc) is 2.70. The third kappa shape index (κ3) is 2.31. The summed E-state index contributed by atoms with van der Waals surface area (Å²) >= 11 is 0. The summed E-state index contributed by atoms with van der Waals surface area (Å²) in [5.74, 6) is -0.363. The van der Waals surface area contributed by atoms with Crippen molar-refractivity contribution in [3.05, 3.63) is 34.7 Å². The predicted molar refractivity (Wildman–Crippen MR) is 69.7 cm³/mol. The van der Waals surface area contributed by atoms with Gasteiger partial charge in [0, 0.05) is 0 Å². The quantitative estimate of drug-likeness (QED) is 0.919. The highest BCUT2D eigenvalue weighted by atomic mass is 16.5. The van der Waals surface area contributed by atoms with E-state index in [0.717, 1.165) is 11.1 Å². The smallest absolute Gasteiger partial charge is 0.373 e. The fourth-order valence-electron chi connectivity index (χ4n) is 2.09. The predicted octanol–water partition coefficient (Wildman–Crippen LogP) is 2.97. The van der Waals surface area contributed by atoms with Gasteiger partial charge in [0.15, 0.2) is 0 Å². The Kier molecular flexibility index (Phi) is 3.29. The van der Waals surface area contributed by atoms with Crippen molar-refractivity contribution < 1.29 is 19.1 Å². The molecule has 0 aliphatic heterocycles. The number of carbonyl (C=O) groups is 1. The van der Waals surface area contributed by atoms with Gasteiger partial charge >= 0.3 is 5.97 Å². The number of benzene rings is 1. The van der Waals surface area contributed by atoms with Gasteiger partial charge in [-0.25, -0.2) is 9.78 Å². The topological polar surface area (TPSA) is 72.6 Å². The molecule has 1 N–H and O–H groups in total. The molecule has 0 radical (unpaired) electrons. The number of aromatic nitrogens is 1. The molecular formula is C14H15NO4. The number of hydrogen-bond donors (Lipinski definition) is 1. The maximum absolute atomic E-state index is 11.0. The SMILES string of the molecule is COc1c(C)cc(C)cc1-c1nc(C)c(C(=O)O)o1. The van der Waals surface area contributed by atoms with E-state index in [1.54, 1.807) is 14.0 Å². The van der Waals surface area contributed by atoms with E-state index in [1.807, 2.05) is 26.0 Å². The molecule has 0 spiro atoms. The fourth-order valence-corrected chi connectivity index (χ4v) is 2.09. The van der Waals surface area contributed by atoms with Crippen LogP contribution in [0.5, 0.6) is 5.75 Å². The van der Waals surface area contributed by atoms with Gasteiger partial charge in [0.1, 0.15) is 5.75 Å². The van der Waals surface area contributed by atoms with Crippen molar-refractivity contribution in [2.24, 2.45) is 0 Å². The monoisotopic (exact) mass is 261 g/mol. The van der Waals surface area contributed by atoms with Crippen LogP contribution >= 0.6 is 0 Å². The van der Waals surface area contributed by atoms with Crippen LogP contribution in [0.4, 0.5) is 0 Å². The largest absolute Gasteiger partial charge is 0.496 e. The molecule has 1 aromatic heterocycles. The van der Waals surface area contributed by atoms with Crippen LogP contribution in [0.2, 0.25) is 0 Å². The number of carboxylic acids is 1. The molecule has 0 aliphatic carbocycles. The Balaban J connectivity index is 2.64. The van der Waals surface area contributed by atoms with Gasteiger partial charge in [-0.05, 0) is 38.0 Å². The van der Waals surface area contributed by atoms with E-state index < -0.39 is 5.97 Å². The molecule has 2 aromatic rings. The number of aromatic carboxylic acids is 1. The maximum Gasteiger partial charge on any atom is 0.373 e. The summed E-state index contributed by atoms with van der Waals surface area (Å²) in [5.41, 5.74) is 2.99. The van der Waals surface area contributed by atoms with Crippen LogP contribution in [0.15, 0.2) is 16.5 Å². The molecule has 0 fully saturated rings. The van der Waals surface area contributed by atoms with Crippen LogP contribution in [0, 0.1) is 20.8 Å². The lowest BCUT2D eigenvalue weighted by molar-refractivity contribution is 0.0662. The van der Waals surface area contributed by atoms with Crippen LogP contribution in [0.1, 0.15) is 27.4 Å². The number of oxazole rings is 1. The fraction of sp³-hybridized carbons (Fsp3) is 0.286. The zero-order valence-electron chi connectivity index (χ0n) is 11.3. The standard InChI is InChI=1S/C14H15NO4/c1-7-5-8(2)11(18-4)10(6-7)13-15-9(3)12(19-13)14(16)17/h5-6H,1-4H3,(H,16,17). The number of methoxy groups -OCH3 is 1. The Bertz CT molecular complexity index is 643.